The largest absolute Gasteiger partial charge is 0.469 e. The molecule has 3 heteroatoms. The van der Waals surface area contributed by atoms with Gasteiger partial charge in [0.2, 0.25) is 0 Å². The molecule has 0 unspecified atom stereocenters. The van der Waals surface area contributed by atoms with Gasteiger partial charge in [-0.05, 0) is 12.1 Å². The Morgan fingerprint density at radius 2 is 2.09 bits per heavy atom. The van der Waals surface area contributed by atoms with Gasteiger partial charge in [0.1, 0.15) is 5.76 Å². The molecule has 2 N–H and O–H groups in total. The van der Waals surface area contributed by atoms with Gasteiger partial charge in [-0.3, -0.25) is 0 Å². The Morgan fingerprint density at radius 3 is 2.55 bits per heavy atom. The molecule has 1 aromatic rings. The van der Waals surface area contributed by atoms with E-state index in [4.69, 9.17) is 14.6 Å². The predicted octanol–water partition coefficient (Wildman–Crippen LogP) is 0.423. The molecule has 0 radical (unpaired) electrons. The number of aliphatic hydroxyl groups is 2. The van der Waals surface area contributed by atoms with E-state index >= 15 is 0 Å². The highest BCUT2D eigenvalue weighted by molar-refractivity contribution is 4.99. The van der Waals surface area contributed by atoms with Gasteiger partial charge in [-0.25, -0.2) is 0 Å². The number of hydrogen-bond donors (Lipinski definition) is 2. The maximum absolute atomic E-state index is 8.72. The SMILES string of the molecule is OCC(CO)Cc1ccco1. The first-order valence-corrected chi connectivity index (χ1v) is 3.61. The van der Waals surface area contributed by atoms with Crippen LogP contribution in [0.3, 0.4) is 0 Å². The quantitative estimate of drug-likeness (QED) is 0.664. The van der Waals surface area contributed by atoms with Gasteiger partial charge in [-0.1, -0.05) is 0 Å². The summed E-state index contributed by atoms with van der Waals surface area (Å²) in [6.07, 6.45) is 2.18. The standard InChI is InChI=1S/C8H12O3/c9-5-7(6-10)4-8-2-1-3-11-8/h1-3,7,9-10H,4-6H2. The first-order valence-electron chi connectivity index (χ1n) is 3.61. The van der Waals surface area contributed by atoms with E-state index in [-0.39, 0.29) is 19.1 Å². The summed E-state index contributed by atoms with van der Waals surface area (Å²) in [7, 11) is 0. The van der Waals surface area contributed by atoms with Gasteiger partial charge < -0.3 is 14.6 Å². The van der Waals surface area contributed by atoms with Gasteiger partial charge in [0.25, 0.3) is 0 Å². The van der Waals surface area contributed by atoms with Gasteiger partial charge in [-0.15, -0.1) is 0 Å². The summed E-state index contributed by atoms with van der Waals surface area (Å²) in [5, 5.41) is 17.4. The van der Waals surface area contributed by atoms with Crippen molar-refractivity contribution in [3.63, 3.8) is 0 Å². The molecule has 62 valence electrons. The summed E-state index contributed by atoms with van der Waals surface area (Å²) < 4.78 is 5.05. The van der Waals surface area contributed by atoms with Crippen molar-refractivity contribution in [3.05, 3.63) is 24.2 Å². The molecule has 0 spiro atoms. The molecule has 0 aromatic carbocycles. The zero-order valence-corrected chi connectivity index (χ0v) is 6.23. The van der Waals surface area contributed by atoms with Gasteiger partial charge in [-0.2, -0.15) is 0 Å². The van der Waals surface area contributed by atoms with E-state index in [1.165, 1.54) is 0 Å². The molecule has 3 nitrogen and oxygen atoms in total. The lowest BCUT2D eigenvalue weighted by atomic mass is 10.1. The van der Waals surface area contributed by atoms with Crippen molar-refractivity contribution in [2.24, 2.45) is 5.92 Å². The average Bonchev–Trinajstić information content (AvgIpc) is 2.52. The number of aliphatic hydroxyl groups excluding tert-OH is 2. The highest BCUT2D eigenvalue weighted by atomic mass is 16.3. The zero-order chi connectivity index (χ0) is 8.10. The third kappa shape index (κ3) is 2.37. The van der Waals surface area contributed by atoms with Crippen molar-refractivity contribution in [3.8, 4) is 0 Å². The molecule has 0 amide bonds. The smallest absolute Gasteiger partial charge is 0.104 e. The highest BCUT2D eigenvalue weighted by Gasteiger charge is 2.07. The van der Waals surface area contributed by atoms with Crippen LogP contribution in [-0.4, -0.2) is 23.4 Å². The zero-order valence-electron chi connectivity index (χ0n) is 6.23. The molecule has 0 aliphatic rings. The third-order valence-corrected chi connectivity index (χ3v) is 1.59. The van der Waals surface area contributed by atoms with Crippen LogP contribution in [0.25, 0.3) is 0 Å². The summed E-state index contributed by atoms with van der Waals surface area (Å²) in [4.78, 5) is 0. The van der Waals surface area contributed by atoms with Crippen LogP contribution >= 0.6 is 0 Å². The fraction of sp³-hybridized carbons (Fsp3) is 0.500. The lowest BCUT2D eigenvalue weighted by molar-refractivity contribution is 0.145. The van der Waals surface area contributed by atoms with Gasteiger partial charge >= 0.3 is 0 Å². The van der Waals surface area contributed by atoms with Crippen LogP contribution in [0.1, 0.15) is 5.76 Å². The maximum Gasteiger partial charge on any atom is 0.104 e. The van der Waals surface area contributed by atoms with E-state index in [0.29, 0.717) is 6.42 Å². The Kier molecular flexibility index (Phi) is 3.14. The lowest BCUT2D eigenvalue weighted by Crippen LogP contribution is -2.13. The summed E-state index contributed by atoms with van der Waals surface area (Å²) in [6.45, 7) is -0.00556. The number of hydrogen-bond acceptors (Lipinski definition) is 3. The minimum absolute atomic E-state index is 0.00278. The first-order chi connectivity index (χ1) is 5.36. The highest BCUT2D eigenvalue weighted by Crippen LogP contribution is 2.07. The third-order valence-electron chi connectivity index (χ3n) is 1.59. The Bertz CT molecular complexity index is 177. The van der Waals surface area contributed by atoms with Gasteiger partial charge in [0.15, 0.2) is 0 Å². The number of furan rings is 1. The Labute approximate surface area is 65.3 Å². The van der Waals surface area contributed by atoms with Crippen molar-refractivity contribution < 1.29 is 14.6 Å². The summed E-state index contributed by atoms with van der Waals surface area (Å²) >= 11 is 0. The van der Waals surface area contributed by atoms with E-state index in [1.807, 2.05) is 6.07 Å². The van der Waals surface area contributed by atoms with E-state index in [1.54, 1.807) is 12.3 Å². The monoisotopic (exact) mass is 156 g/mol. The molecular weight excluding hydrogens is 144 g/mol. The van der Waals surface area contributed by atoms with Crippen LogP contribution in [0, 0.1) is 5.92 Å². The Balaban J connectivity index is 2.41. The topological polar surface area (TPSA) is 53.6 Å². The summed E-state index contributed by atoms with van der Waals surface area (Å²) in [5.74, 6) is 0.708. The molecule has 1 rings (SSSR count). The molecule has 0 fully saturated rings. The van der Waals surface area contributed by atoms with Crippen molar-refractivity contribution in [1.82, 2.24) is 0 Å². The molecule has 1 heterocycles. The minimum Gasteiger partial charge on any atom is -0.469 e. The van der Waals surface area contributed by atoms with Crippen molar-refractivity contribution in [2.45, 2.75) is 6.42 Å². The molecule has 1 aromatic heterocycles. The van der Waals surface area contributed by atoms with Crippen molar-refractivity contribution in [2.75, 3.05) is 13.2 Å². The fourth-order valence-corrected chi connectivity index (χ4v) is 0.900. The van der Waals surface area contributed by atoms with Crippen LogP contribution in [0.5, 0.6) is 0 Å². The second-order valence-electron chi connectivity index (χ2n) is 2.51. The second kappa shape index (κ2) is 4.16. The molecule has 0 saturated carbocycles. The van der Waals surface area contributed by atoms with Crippen molar-refractivity contribution in [1.29, 1.82) is 0 Å². The molecular formula is C8H12O3. The normalized spacial score (nSPS) is 10.8. The van der Waals surface area contributed by atoms with E-state index in [2.05, 4.69) is 0 Å². The average molecular weight is 156 g/mol. The van der Waals surface area contributed by atoms with Crippen molar-refractivity contribution >= 4 is 0 Å². The molecule has 0 bridgehead atoms. The predicted molar refractivity (Wildman–Crippen MR) is 40.1 cm³/mol. The van der Waals surface area contributed by atoms with Gasteiger partial charge in [0, 0.05) is 25.6 Å². The Hall–Kier alpha value is -0.800. The molecule has 0 aliphatic carbocycles. The molecule has 0 atom stereocenters. The van der Waals surface area contributed by atoms with E-state index in [0.717, 1.165) is 5.76 Å². The fourth-order valence-electron chi connectivity index (χ4n) is 0.900. The van der Waals surface area contributed by atoms with Crippen LogP contribution in [-0.2, 0) is 6.42 Å². The second-order valence-corrected chi connectivity index (χ2v) is 2.51. The maximum atomic E-state index is 8.72. The van der Waals surface area contributed by atoms with Crippen LogP contribution in [0.4, 0.5) is 0 Å². The Morgan fingerprint density at radius 1 is 1.36 bits per heavy atom. The summed E-state index contributed by atoms with van der Waals surface area (Å²) in [6, 6.07) is 3.62. The molecule has 11 heavy (non-hydrogen) atoms. The van der Waals surface area contributed by atoms with Crippen LogP contribution in [0.2, 0.25) is 0 Å². The van der Waals surface area contributed by atoms with Crippen LogP contribution < -0.4 is 0 Å². The lowest BCUT2D eigenvalue weighted by Gasteiger charge is -2.07. The molecule has 0 saturated heterocycles. The van der Waals surface area contributed by atoms with E-state index in [9.17, 15) is 0 Å². The van der Waals surface area contributed by atoms with E-state index < -0.39 is 0 Å². The minimum atomic E-state index is -0.0962. The first kappa shape index (κ1) is 8.30. The van der Waals surface area contributed by atoms with Gasteiger partial charge in [0.05, 0.1) is 6.26 Å². The number of rotatable bonds is 4. The van der Waals surface area contributed by atoms with Crippen LogP contribution in [0.15, 0.2) is 22.8 Å². The summed E-state index contributed by atoms with van der Waals surface area (Å²) in [5.41, 5.74) is 0. The molecule has 0 aliphatic heterocycles.